The molecule has 1 unspecified atom stereocenters. The molecule has 0 spiro atoms. The molecule has 0 aromatic heterocycles. The second kappa shape index (κ2) is 6.80. The monoisotopic (exact) mass is 308 g/mol. The van der Waals surface area contributed by atoms with Crippen LogP contribution < -0.4 is 5.73 Å². The van der Waals surface area contributed by atoms with Gasteiger partial charge in [0.05, 0.1) is 11.5 Å². The summed E-state index contributed by atoms with van der Waals surface area (Å²) in [4.78, 5) is 14.8. The first-order valence-corrected chi connectivity index (χ1v) is 8.11. The Kier molecular flexibility index (Phi) is 5.28. The van der Waals surface area contributed by atoms with E-state index in [-0.39, 0.29) is 17.4 Å². The molecule has 4 heteroatoms. The molecule has 21 heavy (non-hydrogen) atoms. The average molecular weight is 309 g/mol. The van der Waals surface area contributed by atoms with E-state index in [2.05, 4.69) is 0 Å². The van der Waals surface area contributed by atoms with Crippen molar-refractivity contribution in [1.29, 1.82) is 0 Å². The van der Waals surface area contributed by atoms with E-state index in [0.717, 1.165) is 31.2 Å². The fourth-order valence-corrected chi connectivity index (χ4v) is 3.47. The number of hydrogen-bond donors (Lipinski definition) is 1. The van der Waals surface area contributed by atoms with Gasteiger partial charge in [0, 0.05) is 18.6 Å². The molecule has 1 saturated carbocycles. The summed E-state index contributed by atoms with van der Waals surface area (Å²) in [5, 5.41) is 0.700. The number of nitrogens with two attached hydrogens (primary N) is 1. The van der Waals surface area contributed by atoms with Crippen molar-refractivity contribution in [3.05, 3.63) is 34.9 Å². The van der Waals surface area contributed by atoms with Gasteiger partial charge < -0.3 is 10.6 Å². The molecule has 0 radical (unpaired) electrons. The van der Waals surface area contributed by atoms with E-state index in [4.69, 9.17) is 17.3 Å². The van der Waals surface area contributed by atoms with Gasteiger partial charge in [-0.3, -0.25) is 4.79 Å². The summed E-state index contributed by atoms with van der Waals surface area (Å²) in [7, 11) is 1.87. The molecule has 0 bridgehead atoms. The van der Waals surface area contributed by atoms with Crippen LogP contribution in [0.25, 0.3) is 0 Å². The largest absolute Gasteiger partial charge is 0.338 e. The van der Waals surface area contributed by atoms with Crippen molar-refractivity contribution in [3.63, 3.8) is 0 Å². The van der Waals surface area contributed by atoms with Crippen molar-refractivity contribution in [2.45, 2.75) is 45.1 Å². The Bertz CT molecular complexity index is 497. The minimum atomic E-state index is -0.361. The van der Waals surface area contributed by atoms with E-state index in [1.807, 2.05) is 43.1 Å². The number of carbonyl (C=O) groups excluding carboxylic acids is 1. The first-order valence-electron chi connectivity index (χ1n) is 7.73. The second-order valence-corrected chi connectivity index (χ2v) is 6.63. The number of halogens is 1. The highest BCUT2D eigenvalue weighted by atomic mass is 35.5. The number of nitrogens with zero attached hydrogens (tertiary/aromatic N) is 1. The molecule has 1 amide bonds. The lowest BCUT2D eigenvalue weighted by Crippen LogP contribution is -2.48. The molecule has 0 heterocycles. The van der Waals surface area contributed by atoms with Crippen LogP contribution in [0.5, 0.6) is 0 Å². The summed E-state index contributed by atoms with van der Waals surface area (Å²) in [6.07, 6.45) is 5.23. The van der Waals surface area contributed by atoms with Crippen LogP contribution in [0.3, 0.4) is 0 Å². The quantitative estimate of drug-likeness (QED) is 0.920. The number of carbonyl (C=O) groups is 1. The van der Waals surface area contributed by atoms with Gasteiger partial charge in [0.25, 0.3) is 0 Å². The normalized spacial score (nSPS) is 19.0. The lowest BCUT2D eigenvalue weighted by Gasteiger charge is -2.39. The molecule has 1 aromatic rings. The smallest absolute Gasteiger partial charge is 0.230 e. The summed E-state index contributed by atoms with van der Waals surface area (Å²) in [5.41, 5.74) is 6.67. The van der Waals surface area contributed by atoms with Crippen LogP contribution in [0.2, 0.25) is 5.02 Å². The maximum absolute atomic E-state index is 13.0. The first-order chi connectivity index (χ1) is 10.00. The molecule has 2 N–H and O–H groups in total. The maximum Gasteiger partial charge on any atom is 0.230 e. The van der Waals surface area contributed by atoms with Crippen molar-refractivity contribution in [3.8, 4) is 0 Å². The summed E-state index contributed by atoms with van der Waals surface area (Å²) in [5.74, 6) is 0.178. The minimum absolute atomic E-state index is 0.00144. The topological polar surface area (TPSA) is 46.3 Å². The molecule has 1 aliphatic carbocycles. The van der Waals surface area contributed by atoms with Crippen LogP contribution in [-0.2, 0) is 4.79 Å². The molecule has 3 nitrogen and oxygen atoms in total. The SMILES string of the molecule is CC(c1cccc(Cl)c1)N(C)C(=O)C1(CN)CCCCC1. The molecule has 1 aliphatic rings. The molecular weight excluding hydrogens is 284 g/mol. The highest BCUT2D eigenvalue weighted by Gasteiger charge is 2.41. The standard InChI is InChI=1S/C17H25ClN2O/c1-13(14-7-6-8-15(18)11-14)20(2)16(21)17(12-19)9-4-3-5-10-17/h6-8,11,13H,3-5,9-10,12,19H2,1-2H3. The highest BCUT2D eigenvalue weighted by molar-refractivity contribution is 6.30. The van der Waals surface area contributed by atoms with Crippen LogP contribution in [0, 0.1) is 5.41 Å². The zero-order valence-electron chi connectivity index (χ0n) is 12.9. The average Bonchev–Trinajstić information content (AvgIpc) is 2.53. The van der Waals surface area contributed by atoms with Gasteiger partial charge >= 0.3 is 0 Å². The van der Waals surface area contributed by atoms with Gasteiger partial charge in [-0.05, 0) is 37.5 Å². The third-order valence-corrected chi connectivity index (χ3v) is 5.12. The van der Waals surface area contributed by atoms with Crippen molar-refractivity contribution < 1.29 is 4.79 Å². The van der Waals surface area contributed by atoms with Crippen molar-refractivity contribution in [1.82, 2.24) is 4.90 Å². The number of benzene rings is 1. The summed E-state index contributed by atoms with van der Waals surface area (Å²) in [6, 6.07) is 7.71. The lowest BCUT2D eigenvalue weighted by molar-refractivity contribution is -0.144. The Labute approximate surface area is 132 Å². The molecule has 1 aromatic carbocycles. The summed E-state index contributed by atoms with van der Waals surface area (Å²) >= 11 is 6.05. The zero-order chi connectivity index (χ0) is 15.5. The third kappa shape index (κ3) is 3.41. The Hall–Kier alpha value is -1.06. The van der Waals surface area contributed by atoms with Gasteiger partial charge in [-0.1, -0.05) is 43.0 Å². The molecular formula is C17H25ClN2O. The van der Waals surface area contributed by atoms with Gasteiger partial charge in [-0.2, -0.15) is 0 Å². The van der Waals surface area contributed by atoms with Gasteiger partial charge in [-0.15, -0.1) is 0 Å². The fraction of sp³-hybridized carbons (Fsp3) is 0.588. The van der Waals surface area contributed by atoms with Crippen LogP contribution in [0.15, 0.2) is 24.3 Å². The molecule has 0 saturated heterocycles. The van der Waals surface area contributed by atoms with E-state index >= 15 is 0 Å². The second-order valence-electron chi connectivity index (χ2n) is 6.19. The summed E-state index contributed by atoms with van der Waals surface area (Å²) in [6.45, 7) is 2.48. The van der Waals surface area contributed by atoms with Crippen LogP contribution in [0.4, 0.5) is 0 Å². The Balaban J connectivity index is 2.17. The van der Waals surface area contributed by atoms with Crippen LogP contribution in [0.1, 0.15) is 50.6 Å². The Morgan fingerprint density at radius 2 is 2.05 bits per heavy atom. The van der Waals surface area contributed by atoms with Gasteiger partial charge in [0.1, 0.15) is 0 Å². The van der Waals surface area contributed by atoms with Crippen molar-refractivity contribution in [2.75, 3.05) is 13.6 Å². The van der Waals surface area contributed by atoms with Crippen LogP contribution in [-0.4, -0.2) is 24.4 Å². The fourth-order valence-electron chi connectivity index (χ4n) is 3.27. The van der Waals surface area contributed by atoms with E-state index in [1.54, 1.807) is 0 Å². The predicted octanol–water partition coefficient (Wildman–Crippen LogP) is 3.77. The van der Waals surface area contributed by atoms with Crippen molar-refractivity contribution >= 4 is 17.5 Å². The summed E-state index contributed by atoms with van der Waals surface area (Å²) < 4.78 is 0. The molecule has 1 fully saturated rings. The van der Waals surface area contributed by atoms with E-state index in [0.29, 0.717) is 11.6 Å². The maximum atomic E-state index is 13.0. The van der Waals surface area contributed by atoms with E-state index in [9.17, 15) is 4.79 Å². The third-order valence-electron chi connectivity index (χ3n) is 4.89. The first kappa shape index (κ1) is 16.3. The highest BCUT2D eigenvalue weighted by Crippen LogP contribution is 2.38. The number of rotatable bonds is 4. The number of amides is 1. The molecule has 1 atom stereocenters. The number of hydrogen-bond acceptors (Lipinski definition) is 2. The Morgan fingerprint density at radius 1 is 1.38 bits per heavy atom. The van der Waals surface area contributed by atoms with Crippen molar-refractivity contribution in [2.24, 2.45) is 11.1 Å². The lowest BCUT2D eigenvalue weighted by atomic mass is 9.73. The van der Waals surface area contributed by atoms with E-state index in [1.165, 1.54) is 6.42 Å². The molecule has 116 valence electrons. The minimum Gasteiger partial charge on any atom is -0.338 e. The van der Waals surface area contributed by atoms with Gasteiger partial charge in [0.15, 0.2) is 0 Å². The van der Waals surface area contributed by atoms with E-state index < -0.39 is 0 Å². The molecule has 0 aliphatic heterocycles. The molecule has 2 rings (SSSR count). The van der Waals surface area contributed by atoms with Gasteiger partial charge in [0.2, 0.25) is 5.91 Å². The predicted molar refractivity (Wildman–Crippen MR) is 87.2 cm³/mol. The van der Waals surface area contributed by atoms with Crippen LogP contribution >= 0.6 is 11.6 Å². The Morgan fingerprint density at radius 3 is 2.62 bits per heavy atom. The van der Waals surface area contributed by atoms with Gasteiger partial charge in [-0.25, -0.2) is 0 Å². The zero-order valence-corrected chi connectivity index (χ0v) is 13.7.